The number of aliphatic hydroxyl groups excluding tert-OH is 2. The summed E-state index contributed by atoms with van der Waals surface area (Å²) in [6.07, 6.45) is 3.98. The van der Waals surface area contributed by atoms with Gasteiger partial charge in [-0.1, -0.05) is 32.8 Å². The standard InChI is InChI=1S/C20H26O6.C5H10O4/c1-5-7-9-15-11-12-17(19(23)25-13(3)21)18(16(15)10-8-6-2)20(24)26-14(4)22;1-4(7)9-3-5(8)2-6/h11-12H,5-10H2,1-4H3;5-6,8H,2-3H2,1H3. The summed E-state index contributed by atoms with van der Waals surface area (Å²) >= 11 is 0. The fraction of sp³-hybridized carbons (Fsp3) is 0.560. The maximum Gasteiger partial charge on any atom is 0.346 e. The molecule has 1 atom stereocenters. The minimum absolute atomic E-state index is 0.0218. The Labute approximate surface area is 205 Å². The highest BCUT2D eigenvalue weighted by atomic mass is 16.6. The van der Waals surface area contributed by atoms with Crippen LogP contribution in [0.1, 0.15) is 92.1 Å². The van der Waals surface area contributed by atoms with Crippen LogP contribution in [0.15, 0.2) is 12.1 Å². The molecule has 0 amide bonds. The van der Waals surface area contributed by atoms with E-state index in [2.05, 4.69) is 16.4 Å². The first-order valence-corrected chi connectivity index (χ1v) is 11.5. The molecule has 2 N–H and O–H groups in total. The summed E-state index contributed by atoms with van der Waals surface area (Å²) in [6.45, 7) is 7.04. The molecule has 0 aliphatic rings. The van der Waals surface area contributed by atoms with E-state index in [0.717, 1.165) is 51.5 Å². The topological polar surface area (TPSA) is 154 Å². The number of ether oxygens (including phenoxy) is 3. The third-order valence-electron chi connectivity index (χ3n) is 4.58. The van der Waals surface area contributed by atoms with E-state index in [4.69, 9.17) is 14.9 Å². The van der Waals surface area contributed by atoms with Crippen LogP contribution in [0.3, 0.4) is 0 Å². The average Bonchev–Trinajstić information content (AvgIpc) is 2.78. The quantitative estimate of drug-likeness (QED) is 0.265. The number of rotatable bonds is 11. The van der Waals surface area contributed by atoms with Crippen LogP contribution in [0, 0.1) is 0 Å². The Balaban J connectivity index is 0.00000109. The van der Waals surface area contributed by atoms with Crippen LogP contribution >= 0.6 is 0 Å². The van der Waals surface area contributed by atoms with Crippen molar-refractivity contribution < 1.29 is 48.4 Å². The van der Waals surface area contributed by atoms with Crippen molar-refractivity contribution in [3.8, 4) is 0 Å². The molecule has 0 saturated heterocycles. The molecule has 0 saturated carbocycles. The first-order valence-electron chi connectivity index (χ1n) is 11.5. The van der Waals surface area contributed by atoms with Gasteiger partial charge in [0, 0.05) is 20.8 Å². The lowest BCUT2D eigenvalue weighted by molar-refractivity contribution is -0.144. The van der Waals surface area contributed by atoms with Gasteiger partial charge in [0.15, 0.2) is 0 Å². The van der Waals surface area contributed by atoms with Gasteiger partial charge in [0.05, 0.1) is 17.7 Å². The SMILES string of the molecule is CC(=O)OCC(O)CO.CCCCc1ccc(C(=O)OC(C)=O)c(C(=O)OC(C)=O)c1CCCC. The van der Waals surface area contributed by atoms with Gasteiger partial charge in [-0.3, -0.25) is 14.4 Å². The van der Waals surface area contributed by atoms with Crippen molar-refractivity contribution in [1.82, 2.24) is 0 Å². The van der Waals surface area contributed by atoms with E-state index >= 15 is 0 Å². The fourth-order valence-electron chi connectivity index (χ4n) is 2.97. The highest BCUT2D eigenvalue weighted by molar-refractivity contribution is 6.08. The lowest BCUT2D eigenvalue weighted by Crippen LogP contribution is -2.20. The van der Waals surface area contributed by atoms with Crippen molar-refractivity contribution >= 4 is 29.8 Å². The van der Waals surface area contributed by atoms with Gasteiger partial charge < -0.3 is 24.4 Å². The van der Waals surface area contributed by atoms with Gasteiger partial charge >= 0.3 is 29.8 Å². The smallest absolute Gasteiger partial charge is 0.346 e. The summed E-state index contributed by atoms with van der Waals surface area (Å²) in [5, 5.41) is 16.8. The van der Waals surface area contributed by atoms with Crippen LogP contribution in [0.2, 0.25) is 0 Å². The molecule has 1 aromatic carbocycles. The van der Waals surface area contributed by atoms with Crippen molar-refractivity contribution in [2.45, 2.75) is 79.2 Å². The van der Waals surface area contributed by atoms with Crippen molar-refractivity contribution in [1.29, 1.82) is 0 Å². The first-order chi connectivity index (χ1) is 16.5. The number of carbonyl (C=O) groups is 5. The van der Waals surface area contributed by atoms with Gasteiger partial charge in [-0.05, 0) is 42.9 Å². The predicted octanol–water partition coefficient (Wildman–Crippen LogP) is 2.68. The van der Waals surface area contributed by atoms with E-state index in [-0.39, 0.29) is 24.3 Å². The summed E-state index contributed by atoms with van der Waals surface area (Å²) in [6, 6.07) is 3.24. The number of benzene rings is 1. The molecular formula is C25H36O10. The van der Waals surface area contributed by atoms with E-state index in [1.165, 1.54) is 13.0 Å². The molecule has 0 aliphatic heterocycles. The Morgan fingerprint density at radius 2 is 1.37 bits per heavy atom. The van der Waals surface area contributed by atoms with Crippen LogP contribution in [0.5, 0.6) is 0 Å². The van der Waals surface area contributed by atoms with E-state index in [9.17, 15) is 24.0 Å². The molecule has 0 bridgehead atoms. The molecule has 0 aromatic heterocycles. The number of hydrogen-bond acceptors (Lipinski definition) is 10. The molecule has 1 rings (SSSR count). The normalized spacial score (nSPS) is 10.9. The Bertz CT molecular complexity index is 875. The van der Waals surface area contributed by atoms with Gasteiger partial charge in [-0.15, -0.1) is 0 Å². The molecule has 0 fully saturated rings. The second kappa shape index (κ2) is 17.3. The Hall–Kier alpha value is -3.11. The molecule has 10 nitrogen and oxygen atoms in total. The maximum absolute atomic E-state index is 12.5. The number of esters is 5. The van der Waals surface area contributed by atoms with Crippen LogP contribution < -0.4 is 0 Å². The monoisotopic (exact) mass is 496 g/mol. The summed E-state index contributed by atoms with van der Waals surface area (Å²) < 4.78 is 13.7. The van der Waals surface area contributed by atoms with E-state index in [1.54, 1.807) is 6.07 Å². The molecule has 0 spiro atoms. The summed E-state index contributed by atoms with van der Waals surface area (Å²) in [4.78, 5) is 57.3. The molecule has 35 heavy (non-hydrogen) atoms. The summed E-state index contributed by atoms with van der Waals surface area (Å²) in [5.74, 6) is -3.81. The Morgan fingerprint density at radius 1 is 0.829 bits per heavy atom. The van der Waals surface area contributed by atoms with Gasteiger partial charge in [-0.2, -0.15) is 0 Å². The van der Waals surface area contributed by atoms with Crippen LogP contribution in [0.4, 0.5) is 0 Å². The third kappa shape index (κ3) is 12.8. The van der Waals surface area contributed by atoms with Crippen molar-refractivity contribution in [3.05, 3.63) is 34.4 Å². The average molecular weight is 497 g/mol. The Kier molecular flexibility index (Phi) is 15.8. The van der Waals surface area contributed by atoms with Gasteiger partial charge in [-0.25, -0.2) is 9.59 Å². The van der Waals surface area contributed by atoms with Crippen LogP contribution in [-0.2, 0) is 41.4 Å². The number of aliphatic hydroxyl groups is 2. The number of unbranched alkanes of at least 4 members (excludes halogenated alkanes) is 2. The largest absolute Gasteiger partial charge is 0.463 e. The van der Waals surface area contributed by atoms with Gasteiger partial charge in [0.1, 0.15) is 12.7 Å². The molecule has 0 radical (unpaired) electrons. The van der Waals surface area contributed by atoms with E-state index in [1.807, 2.05) is 6.92 Å². The molecule has 1 unspecified atom stereocenters. The summed E-state index contributed by atoms with van der Waals surface area (Å²) in [5.41, 5.74) is 1.59. The van der Waals surface area contributed by atoms with Crippen molar-refractivity contribution in [2.24, 2.45) is 0 Å². The molecular weight excluding hydrogens is 460 g/mol. The van der Waals surface area contributed by atoms with Gasteiger partial charge in [0.2, 0.25) is 0 Å². The zero-order valence-corrected chi connectivity index (χ0v) is 21.0. The minimum atomic E-state index is -0.950. The van der Waals surface area contributed by atoms with Crippen LogP contribution in [0.25, 0.3) is 0 Å². The second-order valence-electron chi connectivity index (χ2n) is 7.73. The van der Waals surface area contributed by atoms with Crippen molar-refractivity contribution in [2.75, 3.05) is 13.2 Å². The lowest BCUT2D eigenvalue weighted by Gasteiger charge is -2.17. The van der Waals surface area contributed by atoms with Crippen LogP contribution in [-0.4, -0.2) is 59.4 Å². The van der Waals surface area contributed by atoms with E-state index < -0.39 is 36.0 Å². The summed E-state index contributed by atoms with van der Waals surface area (Å²) in [7, 11) is 0. The third-order valence-corrected chi connectivity index (χ3v) is 4.58. The predicted molar refractivity (Wildman–Crippen MR) is 126 cm³/mol. The number of carbonyl (C=O) groups excluding carboxylic acids is 5. The second-order valence-corrected chi connectivity index (χ2v) is 7.73. The lowest BCUT2D eigenvalue weighted by atomic mass is 9.90. The zero-order chi connectivity index (χ0) is 27.0. The zero-order valence-electron chi connectivity index (χ0n) is 21.0. The first kappa shape index (κ1) is 31.9. The number of aryl methyl sites for hydroxylation is 1. The molecule has 0 heterocycles. The maximum atomic E-state index is 12.5. The molecule has 196 valence electrons. The Morgan fingerprint density at radius 3 is 1.86 bits per heavy atom. The van der Waals surface area contributed by atoms with E-state index in [0.29, 0.717) is 12.0 Å². The minimum Gasteiger partial charge on any atom is -0.463 e. The highest BCUT2D eigenvalue weighted by Gasteiger charge is 2.26. The highest BCUT2D eigenvalue weighted by Crippen LogP contribution is 2.25. The van der Waals surface area contributed by atoms with Crippen molar-refractivity contribution in [3.63, 3.8) is 0 Å². The molecule has 10 heteroatoms. The molecule has 1 aromatic rings. The molecule has 0 aliphatic carbocycles. The fourth-order valence-corrected chi connectivity index (χ4v) is 2.97. The van der Waals surface area contributed by atoms with Gasteiger partial charge in [0.25, 0.3) is 0 Å². The number of hydrogen-bond donors (Lipinski definition) is 2.